The predicted molar refractivity (Wildman–Crippen MR) is 99.3 cm³/mol. The molecule has 0 saturated carbocycles. The second-order valence-corrected chi connectivity index (χ2v) is 6.29. The molecule has 128 valence electrons. The van der Waals surface area contributed by atoms with Crippen molar-refractivity contribution in [2.24, 2.45) is 4.99 Å². The molecule has 0 saturated heterocycles. The van der Waals surface area contributed by atoms with Gasteiger partial charge in [-0.05, 0) is 31.5 Å². The molecule has 0 unspecified atom stereocenters. The first kappa shape index (κ1) is 16.9. The fourth-order valence-electron chi connectivity index (χ4n) is 2.83. The van der Waals surface area contributed by atoms with Crippen LogP contribution in [0.2, 0.25) is 0 Å². The molecule has 1 aliphatic rings. The zero-order chi connectivity index (χ0) is 17.8. The molecule has 25 heavy (non-hydrogen) atoms. The Hall–Kier alpha value is -2.95. The number of hydrogen-bond acceptors (Lipinski definition) is 3. The maximum absolute atomic E-state index is 12.8. The Labute approximate surface area is 147 Å². The van der Waals surface area contributed by atoms with Crippen LogP contribution < -0.4 is 10.2 Å². The summed E-state index contributed by atoms with van der Waals surface area (Å²) in [6.07, 6.45) is 0.160. The third kappa shape index (κ3) is 3.94. The Morgan fingerprint density at radius 3 is 2.52 bits per heavy atom. The Morgan fingerprint density at radius 1 is 1.12 bits per heavy atom. The van der Waals surface area contributed by atoms with Gasteiger partial charge >= 0.3 is 0 Å². The van der Waals surface area contributed by atoms with Gasteiger partial charge in [0.05, 0.1) is 23.5 Å². The number of fused-ring (bicyclic) bond motifs is 1. The third-order valence-electron chi connectivity index (χ3n) is 3.91. The van der Waals surface area contributed by atoms with E-state index in [1.807, 2.05) is 68.4 Å². The van der Waals surface area contributed by atoms with Crippen LogP contribution in [-0.2, 0) is 9.59 Å². The minimum atomic E-state index is -0.179. The summed E-state index contributed by atoms with van der Waals surface area (Å²) >= 11 is 0. The molecule has 0 atom stereocenters. The molecule has 2 amide bonds. The van der Waals surface area contributed by atoms with Gasteiger partial charge in [-0.1, -0.05) is 42.5 Å². The van der Waals surface area contributed by atoms with Crippen molar-refractivity contribution >= 4 is 28.9 Å². The van der Waals surface area contributed by atoms with E-state index in [2.05, 4.69) is 5.32 Å². The molecule has 0 fully saturated rings. The molecular formula is C20H21N3O2. The van der Waals surface area contributed by atoms with Crippen LogP contribution in [0.3, 0.4) is 0 Å². The maximum Gasteiger partial charge on any atom is 0.240 e. The molecule has 0 radical (unpaired) electrons. The van der Waals surface area contributed by atoms with Crippen LogP contribution in [0.1, 0.15) is 25.8 Å². The summed E-state index contributed by atoms with van der Waals surface area (Å²) in [6, 6.07) is 17.1. The number of amides is 2. The zero-order valence-corrected chi connectivity index (χ0v) is 14.4. The molecule has 1 heterocycles. The quantitative estimate of drug-likeness (QED) is 0.933. The Morgan fingerprint density at radius 2 is 1.80 bits per heavy atom. The van der Waals surface area contributed by atoms with Crippen LogP contribution in [0.15, 0.2) is 59.6 Å². The molecule has 0 bridgehead atoms. The van der Waals surface area contributed by atoms with Crippen LogP contribution >= 0.6 is 0 Å². The molecule has 0 aliphatic carbocycles. The number of anilines is 1. The van der Waals surface area contributed by atoms with Gasteiger partial charge in [0.25, 0.3) is 0 Å². The van der Waals surface area contributed by atoms with E-state index in [-0.39, 0.29) is 30.8 Å². The molecule has 1 aliphatic heterocycles. The average molecular weight is 335 g/mol. The molecule has 2 aromatic carbocycles. The molecule has 5 heteroatoms. The zero-order valence-electron chi connectivity index (χ0n) is 14.4. The van der Waals surface area contributed by atoms with Crippen LogP contribution in [-0.4, -0.2) is 30.1 Å². The normalized spacial score (nSPS) is 14.0. The fourth-order valence-corrected chi connectivity index (χ4v) is 2.83. The topological polar surface area (TPSA) is 61.8 Å². The smallest absolute Gasteiger partial charge is 0.240 e. The number of carbonyl (C=O) groups is 2. The van der Waals surface area contributed by atoms with Gasteiger partial charge in [-0.25, -0.2) is 0 Å². The largest absolute Gasteiger partial charge is 0.352 e. The third-order valence-corrected chi connectivity index (χ3v) is 3.91. The van der Waals surface area contributed by atoms with Gasteiger partial charge in [0, 0.05) is 6.04 Å². The van der Waals surface area contributed by atoms with Crippen LogP contribution in [0.4, 0.5) is 11.4 Å². The average Bonchev–Trinajstić information content (AvgIpc) is 2.72. The Bertz CT molecular complexity index is 813. The van der Waals surface area contributed by atoms with Crippen molar-refractivity contribution in [3.63, 3.8) is 0 Å². The second-order valence-electron chi connectivity index (χ2n) is 6.29. The SMILES string of the molecule is CC(C)NC(=O)CN1C(=O)CC(c2ccccc2)=Nc2ccccc21. The van der Waals surface area contributed by atoms with Crippen molar-refractivity contribution in [2.45, 2.75) is 26.3 Å². The minimum absolute atomic E-state index is 0.00832. The molecule has 3 rings (SSSR count). The maximum atomic E-state index is 12.8. The Balaban J connectivity index is 1.96. The van der Waals surface area contributed by atoms with Gasteiger partial charge in [0.15, 0.2) is 0 Å². The number of rotatable bonds is 4. The monoisotopic (exact) mass is 335 g/mol. The molecule has 5 nitrogen and oxygen atoms in total. The molecule has 2 aromatic rings. The lowest BCUT2D eigenvalue weighted by atomic mass is 10.1. The molecule has 0 spiro atoms. The highest BCUT2D eigenvalue weighted by molar-refractivity contribution is 6.18. The van der Waals surface area contributed by atoms with E-state index in [0.29, 0.717) is 17.1 Å². The first-order valence-corrected chi connectivity index (χ1v) is 8.36. The number of aliphatic imine (C=N–C) groups is 1. The van der Waals surface area contributed by atoms with E-state index >= 15 is 0 Å². The summed E-state index contributed by atoms with van der Waals surface area (Å²) in [5.74, 6) is -0.312. The highest BCUT2D eigenvalue weighted by Gasteiger charge is 2.26. The van der Waals surface area contributed by atoms with E-state index in [9.17, 15) is 9.59 Å². The van der Waals surface area contributed by atoms with Gasteiger partial charge in [-0.2, -0.15) is 0 Å². The number of carbonyl (C=O) groups excluding carboxylic acids is 2. The summed E-state index contributed by atoms with van der Waals surface area (Å²) in [4.78, 5) is 31.3. The molecule has 0 aromatic heterocycles. The predicted octanol–water partition coefficient (Wildman–Crippen LogP) is 3.07. The van der Waals surface area contributed by atoms with Gasteiger partial charge in [0.2, 0.25) is 11.8 Å². The van der Waals surface area contributed by atoms with Crippen molar-refractivity contribution < 1.29 is 9.59 Å². The highest BCUT2D eigenvalue weighted by atomic mass is 16.2. The van der Waals surface area contributed by atoms with Crippen molar-refractivity contribution in [3.05, 3.63) is 60.2 Å². The van der Waals surface area contributed by atoms with E-state index in [4.69, 9.17) is 4.99 Å². The summed E-state index contributed by atoms with van der Waals surface area (Å²) in [5.41, 5.74) is 2.99. The van der Waals surface area contributed by atoms with Gasteiger partial charge in [-0.3, -0.25) is 14.6 Å². The van der Waals surface area contributed by atoms with Crippen LogP contribution in [0, 0.1) is 0 Å². The summed E-state index contributed by atoms with van der Waals surface area (Å²) in [5, 5.41) is 2.83. The van der Waals surface area contributed by atoms with Crippen molar-refractivity contribution in [1.82, 2.24) is 5.32 Å². The summed E-state index contributed by atoms with van der Waals surface area (Å²) in [6.45, 7) is 3.78. The number of para-hydroxylation sites is 2. The molecule has 1 N–H and O–H groups in total. The van der Waals surface area contributed by atoms with Crippen LogP contribution in [0.25, 0.3) is 0 Å². The van der Waals surface area contributed by atoms with Crippen LogP contribution in [0.5, 0.6) is 0 Å². The second kappa shape index (κ2) is 7.30. The first-order valence-electron chi connectivity index (χ1n) is 8.36. The Kier molecular flexibility index (Phi) is 4.93. The lowest BCUT2D eigenvalue weighted by Gasteiger charge is -2.22. The number of benzene rings is 2. The number of hydrogen-bond donors (Lipinski definition) is 1. The van der Waals surface area contributed by atoms with Crippen molar-refractivity contribution in [3.8, 4) is 0 Å². The fraction of sp³-hybridized carbons (Fsp3) is 0.250. The van der Waals surface area contributed by atoms with E-state index in [1.54, 1.807) is 0 Å². The minimum Gasteiger partial charge on any atom is -0.352 e. The van der Waals surface area contributed by atoms with E-state index < -0.39 is 0 Å². The van der Waals surface area contributed by atoms with E-state index in [1.165, 1.54) is 4.90 Å². The number of nitrogens with one attached hydrogen (secondary N) is 1. The highest BCUT2D eigenvalue weighted by Crippen LogP contribution is 2.32. The van der Waals surface area contributed by atoms with Gasteiger partial charge in [0.1, 0.15) is 6.54 Å². The first-order chi connectivity index (χ1) is 12.0. The standard InChI is InChI=1S/C20H21N3O2/c1-14(2)21-19(24)13-23-18-11-7-6-10-16(18)22-17(12-20(23)25)15-8-4-3-5-9-15/h3-11,14H,12-13H2,1-2H3,(H,21,24). The van der Waals surface area contributed by atoms with E-state index in [0.717, 1.165) is 5.56 Å². The number of nitrogens with zero attached hydrogens (tertiary/aromatic N) is 2. The van der Waals surface area contributed by atoms with Gasteiger partial charge in [-0.15, -0.1) is 0 Å². The summed E-state index contributed by atoms with van der Waals surface area (Å²) in [7, 11) is 0. The molecular weight excluding hydrogens is 314 g/mol. The lowest BCUT2D eigenvalue weighted by Crippen LogP contribution is -2.43. The van der Waals surface area contributed by atoms with Crippen molar-refractivity contribution in [2.75, 3.05) is 11.4 Å². The van der Waals surface area contributed by atoms with Crippen molar-refractivity contribution in [1.29, 1.82) is 0 Å². The summed E-state index contributed by atoms with van der Waals surface area (Å²) < 4.78 is 0. The lowest BCUT2D eigenvalue weighted by molar-refractivity contribution is -0.123. The van der Waals surface area contributed by atoms with Gasteiger partial charge < -0.3 is 10.2 Å².